The van der Waals surface area contributed by atoms with Gasteiger partial charge in [0.2, 0.25) is 0 Å². The molecule has 2 saturated heterocycles. The molecule has 0 N–H and O–H groups in total. The average Bonchev–Trinajstić information content (AvgIpc) is 3.40. The number of hydrogen-bond donors (Lipinski definition) is 0. The third kappa shape index (κ3) is 2.66. The maximum Gasteiger partial charge on any atom is 0.122 e. The quantitative estimate of drug-likeness (QED) is 0.850. The van der Waals surface area contributed by atoms with Gasteiger partial charge < -0.3 is 9.64 Å². The first-order valence-electron chi connectivity index (χ1n) is 8.68. The molecule has 21 heavy (non-hydrogen) atoms. The van der Waals surface area contributed by atoms with Crippen molar-refractivity contribution >= 4 is 11.3 Å². The molecule has 3 atom stereocenters. The van der Waals surface area contributed by atoms with Crippen LogP contribution >= 0.6 is 11.3 Å². The van der Waals surface area contributed by atoms with Gasteiger partial charge in [-0.1, -0.05) is 0 Å². The second kappa shape index (κ2) is 5.04. The fraction of sp³-hybridized carbons (Fsp3) is 0.824. The largest absolute Gasteiger partial charge is 0.366 e. The molecule has 4 fully saturated rings. The standard InChI is InChI=1S/C17H24N2OS/c1-2-11(1)8-19-6-5-13-7-15(20-16(13)9-19)17-18-14(10-21-17)12-3-4-12/h10-13,15-16H,1-9H2/t13-,15-,16+/m1/s1. The van der Waals surface area contributed by atoms with Gasteiger partial charge in [0.1, 0.15) is 11.1 Å². The molecule has 2 aliphatic heterocycles. The number of aromatic nitrogens is 1. The van der Waals surface area contributed by atoms with Crippen molar-refractivity contribution in [2.45, 2.75) is 56.7 Å². The molecule has 3 nitrogen and oxygen atoms in total. The van der Waals surface area contributed by atoms with Gasteiger partial charge in [0.15, 0.2) is 0 Å². The fourth-order valence-corrected chi connectivity index (χ4v) is 4.95. The van der Waals surface area contributed by atoms with Crippen LogP contribution in [0, 0.1) is 11.8 Å². The predicted octanol–water partition coefficient (Wildman–Crippen LogP) is 3.58. The summed E-state index contributed by atoms with van der Waals surface area (Å²) in [4.78, 5) is 7.52. The molecule has 4 aliphatic rings. The van der Waals surface area contributed by atoms with Crippen molar-refractivity contribution in [3.8, 4) is 0 Å². The van der Waals surface area contributed by atoms with Crippen LogP contribution in [0.4, 0.5) is 0 Å². The number of ether oxygens (including phenoxy) is 1. The van der Waals surface area contributed by atoms with Crippen LogP contribution in [-0.4, -0.2) is 35.6 Å². The lowest BCUT2D eigenvalue weighted by Gasteiger charge is -2.34. The second-order valence-corrected chi connectivity index (χ2v) is 8.43. The Morgan fingerprint density at radius 3 is 2.95 bits per heavy atom. The van der Waals surface area contributed by atoms with E-state index in [0.717, 1.165) is 17.8 Å². The van der Waals surface area contributed by atoms with Crippen molar-refractivity contribution in [2.24, 2.45) is 11.8 Å². The van der Waals surface area contributed by atoms with E-state index in [0.29, 0.717) is 12.2 Å². The molecule has 0 unspecified atom stereocenters. The van der Waals surface area contributed by atoms with Crippen LogP contribution in [0.15, 0.2) is 5.38 Å². The molecule has 0 radical (unpaired) electrons. The summed E-state index contributed by atoms with van der Waals surface area (Å²) in [5.41, 5.74) is 1.34. The average molecular weight is 304 g/mol. The van der Waals surface area contributed by atoms with E-state index in [2.05, 4.69) is 10.3 Å². The van der Waals surface area contributed by atoms with Crippen molar-refractivity contribution in [2.75, 3.05) is 19.6 Å². The van der Waals surface area contributed by atoms with Crippen molar-refractivity contribution in [3.63, 3.8) is 0 Å². The zero-order chi connectivity index (χ0) is 13.8. The van der Waals surface area contributed by atoms with E-state index >= 15 is 0 Å². The van der Waals surface area contributed by atoms with Crippen molar-refractivity contribution < 1.29 is 4.74 Å². The Morgan fingerprint density at radius 2 is 2.14 bits per heavy atom. The minimum atomic E-state index is 0.290. The highest BCUT2D eigenvalue weighted by Crippen LogP contribution is 2.45. The zero-order valence-corrected chi connectivity index (χ0v) is 13.4. The van der Waals surface area contributed by atoms with E-state index in [-0.39, 0.29) is 0 Å². The molecule has 2 aliphatic carbocycles. The molecular formula is C17H24N2OS. The lowest BCUT2D eigenvalue weighted by molar-refractivity contribution is -0.00837. The molecule has 1 aromatic rings. The topological polar surface area (TPSA) is 25.4 Å². The number of piperidine rings is 1. The van der Waals surface area contributed by atoms with Crippen LogP contribution in [0.1, 0.15) is 61.2 Å². The van der Waals surface area contributed by atoms with E-state index in [9.17, 15) is 0 Å². The van der Waals surface area contributed by atoms with Crippen LogP contribution in [0.25, 0.3) is 0 Å². The maximum atomic E-state index is 6.40. The van der Waals surface area contributed by atoms with E-state index in [1.807, 2.05) is 11.3 Å². The lowest BCUT2D eigenvalue weighted by Crippen LogP contribution is -2.43. The molecule has 0 aromatic carbocycles. The number of likely N-dealkylation sites (tertiary alicyclic amines) is 1. The molecule has 0 spiro atoms. The van der Waals surface area contributed by atoms with Gasteiger partial charge in [-0.2, -0.15) is 0 Å². The van der Waals surface area contributed by atoms with Gasteiger partial charge in [0.25, 0.3) is 0 Å². The summed E-state index contributed by atoms with van der Waals surface area (Å²) in [7, 11) is 0. The molecule has 114 valence electrons. The Hall–Kier alpha value is -0.450. The van der Waals surface area contributed by atoms with Crippen LogP contribution in [0.3, 0.4) is 0 Å². The van der Waals surface area contributed by atoms with Crippen LogP contribution < -0.4 is 0 Å². The number of nitrogens with zero attached hydrogens (tertiary/aromatic N) is 2. The van der Waals surface area contributed by atoms with Gasteiger partial charge in [0.05, 0.1) is 11.8 Å². The molecule has 3 heterocycles. The third-order valence-corrected chi connectivity index (χ3v) is 6.62. The van der Waals surface area contributed by atoms with Gasteiger partial charge in [-0.15, -0.1) is 11.3 Å². The second-order valence-electron chi connectivity index (χ2n) is 7.54. The number of thiazole rings is 1. The van der Waals surface area contributed by atoms with Crippen molar-refractivity contribution in [1.29, 1.82) is 0 Å². The van der Waals surface area contributed by atoms with E-state index in [1.165, 1.54) is 68.9 Å². The number of fused-ring (bicyclic) bond motifs is 1. The molecule has 0 bridgehead atoms. The molecule has 1 aromatic heterocycles. The number of rotatable bonds is 4. The first-order valence-corrected chi connectivity index (χ1v) is 9.56. The monoisotopic (exact) mass is 304 g/mol. The minimum absolute atomic E-state index is 0.290. The molecule has 5 rings (SSSR count). The van der Waals surface area contributed by atoms with Gasteiger partial charge in [-0.3, -0.25) is 0 Å². The maximum absolute atomic E-state index is 6.40. The van der Waals surface area contributed by atoms with Crippen LogP contribution in [0.5, 0.6) is 0 Å². The normalized spacial score (nSPS) is 36.9. The van der Waals surface area contributed by atoms with Gasteiger partial charge in [-0.25, -0.2) is 4.98 Å². The highest BCUT2D eigenvalue weighted by molar-refractivity contribution is 7.09. The Labute approximate surface area is 130 Å². The minimum Gasteiger partial charge on any atom is -0.366 e. The lowest BCUT2D eigenvalue weighted by atomic mass is 9.92. The van der Waals surface area contributed by atoms with Gasteiger partial charge in [-0.05, 0) is 56.9 Å². The smallest absolute Gasteiger partial charge is 0.122 e. The Balaban J connectivity index is 1.24. The molecule has 4 heteroatoms. The highest BCUT2D eigenvalue weighted by Gasteiger charge is 2.41. The van der Waals surface area contributed by atoms with Crippen molar-refractivity contribution in [3.05, 3.63) is 16.1 Å². The number of hydrogen-bond acceptors (Lipinski definition) is 4. The van der Waals surface area contributed by atoms with Gasteiger partial charge >= 0.3 is 0 Å². The summed E-state index contributed by atoms with van der Waals surface area (Å²) in [5.74, 6) is 2.55. The van der Waals surface area contributed by atoms with E-state index in [1.54, 1.807) is 0 Å². The van der Waals surface area contributed by atoms with E-state index < -0.39 is 0 Å². The van der Waals surface area contributed by atoms with Crippen molar-refractivity contribution in [1.82, 2.24) is 9.88 Å². The van der Waals surface area contributed by atoms with Crippen LogP contribution in [-0.2, 0) is 4.74 Å². The predicted molar refractivity (Wildman–Crippen MR) is 83.6 cm³/mol. The molecular weight excluding hydrogens is 280 g/mol. The summed E-state index contributed by atoms with van der Waals surface area (Å²) >= 11 is 1.83. The van der Waals surface area contributed by atoms with Gasteiger partial charge in [0, 0.05) is 24.4 Å². The SMILES string of the molecule is c1sc([C@H]2C[C@H]3CCN(CC4CC4)C[C@@H]3O2)nc1C1CC1. The van der Waals surface area contributed by atoms with E-state index in [4.69, 9.17) is 9.72 Å². The Kier molecular flexibility index (Phi) is 3.12. The fourth-order valence-electron chi connectivity index (χ4n) is 4.00. The Morgan fingerprint density at radius 1 is 1.24 bits per heavy atom. The van der Waals surface area contributed by atoms with Crippen LogP contribution in [0.2, 0.25) is 0 Å². The highest BCUT2D eigenvalue weighted by atomic mass is 32.1. The summed E-state index contributed by atoms with van der Waals surface area (Å²) in [6.45, 7) is 3.78. The molecule has 2 saturated carbocycles. The summed E-state index contributed by atoms with van der Waals surface area (Å²) in [6.07, 6.45) is 8.89. The Bertz CT molecular complexity index is 523. The first-order chi connectivity index (χ1) is 10.3. The first kappa shape index (κ1) is 13.0. The summed E-state index contributed by atoms with van der Waals surface area (Å²) in [6, 6.07) is 0. The third-order valence-electron chi connectivity index (χ3n) is 5.66. The summed E-state index contributed by atoms with van der Waals surface area (Å²) in [5, 5.41) is 3.53. The summed E-state index contributed by atoms with van der Waals surface area (Å²) < 4.78 is 6.40. The molecule has 0 amide bonds. The zero-order valence-electron chi connectivity index (χ0n) is 12.5.